The van der Waals surface area contributed by atoms with Crippen LogP contribution in [-0.2, 0) is 0 Å². The van der Waals surface area contributed by atoms with Crippen molar-refractivity contribution in [2.75, 3.05) is 20.8 Å². The predicted molar refractivity (Wildman–Crippen MR) is 105 cm³/mol. The molecule has 0 spiro atoms. The van der Waals surface area contributed by atoms with Crippen LogP contribution < -0.4 is 9.47 Å². The molecule has 2 aliphatic heterocycles. The van der Waals surface area contributed by atoms with Crippen molar-refractivity contribution >= 4 is 16.9 Å². The Bertz CT molecular complexity index is 840. The summed E-state index contributed by atoms with van der Waals surface area (Å²) in [5.41, 5.74) is 3.39. The van der Waals surface area contributed by atoms with Gasteiger partial charge in [0.25, 0.3) is 0 Å². The highest BCUT2D eigenvalue weighted by atomic mass is 32.2. The first-order valence-electron chi connectivity index (χ1n) is 8.77. The van der Waals surface area contributed by atoms with E-state index in [1.165, 1.54) is 11.1 Å². The monoisotopic (exact) mass is 369 g/mol. The molecule has 0 N–H and O–H groups in total. The zero-order chi connectivity index (χ0) is 18.3. The van der Waals surface area contributed by atoms with Crippen LogP contribution in [0.25, 0.3) is 0 Å². The molecule has 1 aromatic heterocycles. The number of hydrogen-bond acceptors (Lipinski definition) is 6. The third-order valence-corrected chi connectivity index (χ3v) is 6.07. The second kappa shape index (κ2) is 6.83. The Hall–Kier alpha value is -2.21. The minimum atomic E-state index is -0.0111. The number of fused-ring (bicyclic) bond motifs is 1. The van der Waals surface area contributed by atoms with E-state index in [0.29, 0.717) is 5.25 Å². The molecule has 0 unspecified atom stereocenters. The lowest BCUT2D eigenvalue weighted by atomic mass is 9.92. The smallest absolute Gasteiger partial charge is 0.161 e. The summed E-state index contributed by atoms with van der Waals surface area (Å²) in [4.78, 5) is 12.0. The van der Waals surface area contributed by atoms with Gasteiger partial charge in [0, 0.05) is 18.0 Å². The lowest BCUT2D eigenvalue weighted by molar-refractivity contribution is 0.316. The average Bonchev–Trinajstić information content (AvgIpc) is 3.18. The average molecular weight is 369 g/mol. The molecule has 2 aliphatic rings. The van der Waals surface area contributed by atoms with Crippen molar-refractivity contribution in [2.45, 2.75) is 31.2 Å². The quantitative estimate of drug-likeness (QED) is 0.815. The van der Waals surface area contributed by atoms with Crippen LogP contribution in [0.2, 0.25) is 0 Å². The first-order chi connectivity index (χ1) is 12.6. The zero-order valence-electron chi connectivity index (χ0n) is 15.5. The standard InChI is InChI=1S/C20H23N3O2S/c1-12-9-16(24-3)17(25-4)10-14(12)19-18(15-7-5-6-8-21-15)22-20-23(19)11-13(2)26-20/h5-10,13,18-19H,11H2,1-4H3/t13-,18+,19+/m0/s1. The van der Waals surface area contributed by atoms with Gasteiger partial charge in [-0.1, -0.05) is 24.8 Å². The number of aromatic nitrogens is 1. The number of amidine groups is 1. The van der Waals surface area contributed by atoms with Crippen molar-refractivity contribution in [2.24, 2.45) is 4.99 Å². The van der Waals surface area contributed by atoms with Gasteiger partial charge in [-0.3, -0.25) is 9.98 Å². The van der Waals surface area contributed by atoms with Gasteiger partial charge in [-0.25, -0.2) is 0 Å². The molecular weight excluding hydrogens is 346 g/mol. The normalized spacial score (nSPS) is 24.4. The number of benzene rings is 1. The van der Waals surface area contributed by atoms with E-state index >= 15 is 0 Å². The van der Waals surface area contributed by atoms with Gasteiger partial charge in [-0.05, 0) is 42.3 Å². The molecule has 2 aromatic rings. The van der Waals surface area contributed by atoms with E-state index in [4.69, 9.17) is 14.5 Å². The Morgan fingerprint density at radius 1 is 1.15 bits per heavy atom. The summed E-state index contributed by atoms with van der Waals surface area (Å²) in [5.74, 6) is 1.51. The molecule has 136 valence electrons. The van der Waals surface area contributed by atoms with Gasteiger partial charge in [-0.2, -0.15) is 0 Å². The van der Waals surface area contributed by atoms with Crippen molar-refractivity contribution in [1.82, 2.24) is 9.88 Å². The molecule has 1 aromatic carbocycles. The largest absolute Gasteiger partial charge is 0.493 e. The summed E-state index contributed by atoms with van der Waals surface area (Å²) in [6.45, 7) is 5.36. The molecule has 4 rings (SSSR count). The van der Waals surface area contributed by atoms with E-state index in [1.54, 1.807) is 14.2 Å². The van der Waals surface area contributed by atoms with Crippen molar-refractivity contribution in [1.29, 1.82) is 0 Å². The van der Waals surface area contributed by atoms with E-state index in [9.17, 15) is 0 Å². The third-order valence-electron chi connectivity index (χ3n) is 4.97. The lowest BCUT2D eigenvalue weighted by Crippen LogP contribution is -2.29. The van der Waals surface area contributed by atoms with E-state index in [1.807, 2.05) is 36.2 Å². The number of pyridine rings is 1. The number of nitrogens with zero attached hydrogens (tertiary/aromatic N) is 3. The summed E-state index contributed by atoms with van der Waals surface area (Å²) in [6.07, 6.45) is 1.84. The fraction of sp³-hybridized carbons (Fsp3) is 0.400. The first kappa shape index (κ1) is 17.2. The molecular formula is C20H23N3O2S. The first-order valence-corrected chi connectivity index (χ1v) is 9.65. The van der Waals surface area contributed by atoms with Crippen molar-refractivity contribution in [3.8, 4) is 11.5 Å². The van der Waals surface area contributed by atoms with Gasteiger partial charge in [0.1, 0.15) is 6.04 Å². The van der Waals surface area contributed by atoms with Gasteiger partial charge in [0.15, 0.2) is 16.7 Å². The predicted octanol–water partition coefficient (Wildman–Crippen LogP) is 4.00. The molecule has 1 fully saturated rings. The van der Waals surface area contributed by atoms with Crippen LogP contribution in [-0.4, -0.2) is 41.1 Å². The SMILES string of the molecule is COc1cc(C)c([C@@H]2[C@@H](c3ccccn3)N=C3S[C@@H](C)CN32)cc1OC. The number of ether oxygens (including phenoxy) is 2. The number of rotatable bonds is 4. The molecule has 3 atom stereocenters. The second-order valence-electron chi connectivity index (χ2n) is 6.70. The Balaban J connectivity index is 1.82. The fourth-order valence-electron chi connectivity index (χ4n) is 3.77. The van der Waals surface area contributed by atoms with Gasteiger partial charge in [-0.15, -0.1) is 0 Å². The molecule has 0 radical (unpaired) electrons. The molecule has 0 saturated carbocycles. The molecule has 5 nitrogen and oxygen atoms in total. The maximum atomic E-state index is 5.56. The highest BCUT2D eigenvalue weighted by molar-refractivity contribution is 8.14. The Labute approximate surface area is 158 Å². The van der Waals surface area contributed by atoms with Crippen LogP contribution in [0.15, 0.2) is 41.5 Å². The van der Waals surface area contributed by atoms with Crippen LogP contribution in [0.4, 0.5) is 0 Å². The number of thioether (sulfide) groups is 1. The molecule has 26 heavy (non-hydrogen) atoms. The van der Waals surface area contributed by atoms with Crippen LogP contribution >= 0.6 is 11.8 Å². The minimum Gasteiger partial charge on any atom is -0.493 e. The van der Waals surface area contributed by atoms with E-state index in [2.05, 4.69) is 35.9 Å². The van der Waals surface area contributed by atoms with Crippen LogP contribution in [0.5, 0.6) is 11.5 Å². The molecule has 0 amide bonds. The molecule has 3 heterocycles. The molecule has 1 saturated heterocycles. The fourth-order valence-corrected chi connectivity index (χ4v) is 4.86. The van der Waals surface area contributed by atoms with Gasteiger partial charge >= 0.3 is 0 Å². The zero-order valence-corrected chi connectivity index (χ0v) is 16.3. The Kier molecular flexibility index (Phi) is 4.53. The summed E-state index contributed by atoms with van der Waals surface area (Å²) in [6, 6.07) is 10.3. The van der Waals surface area contributed by atoms with E-state index in [-0.39, 0.29) is 12.1 Å². The van der Waals surface area contributed by atoms with Crippen molar-refractivity contribution < 1.29 is 9.47 Å². The summed E-state index contributed by atoms with van der Waals surface area (Å²) in [5, 5.41) is 1.66. The summed E-state index contributed by atoms with van der Waals surface area (Å²) >= 11 is 1.85. The van der Waals surface area contributed by atoms with Crippen LogP contribution in [0.1, 0.15) is 35.8 Å². The maximum Gasteiger partial charge on any atom is 0.161 e. The molecule has 6 heteroatoms. The summed E-state index contributed by atoms with van der Waals surface area (Å²) < 4.78 is 11.0. The highest BCUT2D eigenvalue weighted by Gasteiger charge is 2.44. The lowest BCUT2D eigenvalue weighted by Gasteiger charge is -2.29. The van der Waals surface area contributed by atoms with Crippen LogP contribution in [0, 0.1) is 6.92 Å². The Morgan fingerprint density at radius 3 is 2.62 bits per heavy atom. The number of aliphatic imine (C=N–C) groups is 1. The van der Waals surface area contributed by atoms with Crippen molar-refractivity contribution in [3.05, 3.63) is 53.3 Å². The van der Waals surface area contributed by atoms with E-state index in [0.717, 1.165) is 28.9 Å². The number of methoxy groups -OCH3 is 2. The van der Waals surface area contributed by atoms with Crippen LogP contribution in [0.3, 0.4) is 0 Å². The highest BCUT2D eigenvalue weighted by Crippen LogP contribution is 2.49. The maximum absolute atomic E-state index is 5.56. The van der Waals surface area contributed by atoms with E-state index < -0.39 is 0 Å². The Morgan fingerprint density at radius 2 is 1.92 bits per heavy atom. The number of aryl methyl sites for hydroxylation is 1. The topological polar surface area (TPSA) is 47.0 Å². The molecule has 0 bridgehead atoms. The summed E-state index contributed by atoms with van der Waals surface area (Å²) in [7, 11) is 3.35. The molecule has 0 aliphatic carbocycles. The van der Waals surface area contributed by atoms with Gasteiger partial charge in [0.05, 0.1) is 26.0 Å². The van der Waals surface area contributed by atoms with Crippen molar-refractivity contribution in [3.63, 3.8) is 0 Å². The minimum absolute atomic E-state index is 0.0111. The number of hydrogen-bond donors (Lipinski definition) is 0. The van der Waals surface area contributed by atoms with Gasteiger partial charge in [0.2, 0.25) is 0 Å². The van der Waals surface area contributed by atoms with Gasteiger partial charge < -0.3 is 14.4 Å². The third kappa shape index (κ3) is 2.82. The second-order valence-corrected chi connectivity index (χ2v) is 8.11.